The Morgan fingerprint density at radius 3 is 0.935 bits per heavy atom. The number of aromatic carboxylic acids is 1. The standard InChI is InChI=1S/C22H23F3N4O4S2.C15H20N4O3S2.C13H18N4O2S2.C10H12ClNO3S.C10H13NO.C9H7F3O3.C5H9N3S.ClHO3S.ClH/c1-13(2)20-27-28-21(34-20)29-35(31,32)16-7-4-14(5-8-16)10-11-26-19(30)17-9-6-15(22(23,24)25)12-18(17)33-3;1-10(2)14-17-18-15(23-14)19-24(21,22)13-6-4-12(5-7-13)8-9-16-11(3)20;1-9(2)12-15-16-13(20-12)17-21(18,19)11-5-3-10(4-6-11)7-8-14;1-8(13)12-7-6-9-2-4-10(5-3-9)16(11,14)15;1-9(12)11-8-7-10-5-3-2-4-6-10;1-15-7-4-5(9(10,11)12)2-3-6(7)8(13)14;1-3(2)4-7-8-5(6)9-4;1-5(2,3)4;/h4-9,12-13H,10-11H2,1-3H3,(H,26,30)(H,28,29);4-7,10H,8-9H2,1-3H3,(H,16,20)(H,18,19);3-6,9H,7-8,14H2,1-2H3,(H,16,17);2-5H,6-7H2,1H3,(H,12,13);2-6H,7-8H2,1H3,(H,11,12);2-4H,1H3,(H,13,14);3H,1-2H3,(H2,6,8);(H,2,3,4);1H. The molecule has 0 bridgehead atoms. The van der Waals surface area contributed by atoms with E-state index >= 15 is 0 Å². The fraction of sp³-hybridized carbons (Fsp3) is 0.345. The van der Waals surface area contributed by atoms with Crippen LogP contribution in [0.3, 0.4) is 0 Å². The van der Waals surface area contributed by atoms with Crippen LogP contribution in [0.15, 0.2) is 183 Å². The van der Waals surface area contributed by atoms with Gasteiger partial charge in [0.25, 0.3) is 45.0 Å². The zero-order chi connectivity index (χ0) is 103. The number of sulfonamides is 3. The second kappa shape index (κ2) is 57.6. The lowest BCUT2D eigenvalue weighted by Crippen LogP contribution is -2.26. The van der Waals surface area contributed by atoms with Gasteiger partial charge >= 0.3 is 27.7 Å². The second-order valence-electron chi connectivity index (χ2n) is 29.5. The van der Waals surface area contributed by atoms with Crippen LogP contribution < -0.4 is 56.4 Å². The number of carboxylic acids is 1. The molecule has 13 N–H and O–H groups in total. The molecular weight excluding hydrogens is 2060 g/mol. The Bertz CT molecular complexity index is 6310. The van der Waals surface area contributed by atoms with E-state index < -0.39 is 83.8 Å². The van der Waals surface area contributed by atoms with Crippen LogP contribution in [-0.2, 0) is 107 Å². The number of benzene rings is 7. The van der Waals surface area contributed by atoms with Crippen LogP contribution in [0.5, 0.6) is 11.5 Å². The van der Waals surface area contributed by atoms with Gasteiger partial charge < -0.3 is 47.3 Å². The minimum atomic E-state index is -4.55. The zero-order valence-electron chi connectivity index (χ0n) is 76.1. The number of anilines is 4. The SMILES string of the molecule is CC(=O)NCCc1ccc(S(=O)(=O)Cl)cc1.CC(=O)NCCc1ccc(S(=O)(=O)Nc2nnc(C(C)C)s2)cc1.CC(=O)NCCc1ccccc1.CC(C)c1nnc(N)s1.CC(C)c1nnc(NS(=O)(=O)c2ccc(CCN)cc2)s1.COc1cc(C(F)(F)F)ccc1C(=O)NCCc1ccc(S(=O)(=O)Nc2nnc(C(C)C)s2)cc1.COc1cc(C(F)(F)F)ccc1C(=O)O.Cl.O=S(=O)(O)Cl. The van der Waals surface area contributed by atoms with Crippen molar-refractivity contribution in [2.24, 2.45) is 5.73 Å². The minimum absolute atomic E-state index is 0. The zero-order valence-corrected chi connectivity index (χ0v) is 85.8. The number of methoxy groups -OCH3 is 2. The highest BCUT2D eigenvalue weighted by Gasteiger charge is 2.34. The monoisotopic (exact) mass is 2160 g/mol. The predicted octanol–water partition coefficient (Wildman–Crippen LogP) is 15.3. The van der Waals surface area contributed by atoms with E-state index in [4.69, 9.17) is 45.0 Å². The number of carboxylic acid groups (broad SMARTS) is 1. The average Bonchev–Trinajstić information content (AvgIpc) is 1.80. The van der Waals surface area contributed by atoms with Gasteiger partial charge in [-0.05, 0) is 151 Å². The van der Waals surface area contributed by atoms with Crippen molar-refractivity contribution in [3.63, 3.8) is 0 Å². The van der Waals surface area contributed by atoms with Gasteiger partial charge in [0.2, 0.25) is 38.2 Å². The molecule has 0 aliphatic rings. The maximum atomic E-state index is 12.9. The Kier molecular flexibility index (Phi) is 50.6. The molecule has 4 heterocycles. The Morgan fingerprint density at radius 1 is 0.406 bits per heavy atom. The number of hydrogen-bond donors (Lipinski definition) is 11. The van der Waals surface area contributed by atoms with E-state index in [9.17, 15) is 84.0 Å². The number of amides is 4. The van der Waals surface area contributed by atoms with Crippen molar-refractivity contribution >= 4 is 178 Å². The van der Waals surface area contributed by atoms with E-state index in [0.717, 1.165) is 99.4 Å². The Hall–Kier alpha value is -11.0. The lowest BCUT2D eigenvalue weighted by molar-refractivity contribution is -0.138. The molecule has 11 rings (SSSR count). The number of nitrogens with zero attached hydrogens (tertiary/aromatic N) is 8. The number of nitrogen functional groups attached to an aromatic ring is 1. The van der Waals surface area contributed by atoms with Gasteiger partial charge in [0.15, 0.2) is 0 Å². The molecule has 0 fully saturated rings. The normalized spacial score (nSPS) is 11.3. The fourth-order valence-electron chi connectivity index (χ4n) is 10.3. The minimum Gasteiger partial charge on any atom is -0.496 e. The summed E-state index contributed by atoms with van der Waals surface area (Å²) < 4.78 is 214. The van der Waals surface area contributed by atoms with Crippen molar-refractivity contribution < 1.29 is 112 Å². The van der Waals surface area contributed by atoms with Gasteiger partial charge in [0.05, 0.1) is 50.5 Å². The molecule has 0 spiro atoms. The summed E-state index contributed by atoms with van der Waals surface area (Å²) in [7, 11) is -7.48. The third-order valence-electron chi connectivity index (χ3n) is 17.2. The van der Waals surface area contributed by atoms with Crippen LogP contribution in [0, 0.1) is 0 Å². The summed E-state index contributed by atoms with van der Waals surface area (Å²) in [4.78, 5) is 55.4. The van der Waals surface area contributed by atoms with Crippen molar-refractivity contribution in [3.8, 4) is 11.5 Å². The molecule has 0 saturated heterocycles. The summed E-state index contributed by atoms with van der Waals surface area (Å²) in [6.45, 7) is 22.8. The first-order valence-electron chi connectivity index (χ1n) is 40.5. The number of aromatic nitrogens is 8. The first-order chi connectivity index (χ1) is 63.8. The molecule has 7 aromatic carbocycles. The second-order valence-corrected chi connectivity index (χ2v) is 43.2. The number of nitrogens with one attached hydrogen (secondary N) is 7. The molecule has 0 radical (unpaired) electrons. The van der Waals surface area contributed by atoms with Crippen molar-refractivity contribution in [1.82, 2.24) is 62.1 Å². The molecule has 54 heteroatoms. The number of nitrogens with two attached hydrogens (primary N) is 2. The summed E-state index contributed by atoms with van der Waals surface area (Å²) in [5.74, 6) is -1.56. The Morgan fingerprint density at radius 2 is 0.681 bits per heavy atom. The van der Waals surface area contributed by atoms with Crippen molar-refractivity contribution in [2.45, 2.75) is 164 Å². The first-order valence-corrected chi connectivity index (χ1v) is 52.8. The quantitative estimate of drug-likeness (QED) is 0.0106. The molecule has 11 aromatic rings. The average molecular weight is 2160 g/mol. The summed E-state index contributed by atoms with van der Waals surface area (Å²) >= 11 is 5.09. The lowest BCUT2D eigenvalue weighted by Gasteiger charge is -2.13. The van der Waals surface area contributed by atoms with E-state index in [0.29, 0.717) is 67.1 Å². The van der Waals surface area contributed by atoms with Crippen LogP contribution in [0.4, 0.5) is 46.9 Å². The Balaban J connectivity index is 0.000000425. The Labute approximate surface area is 826 Å². The molecule has 756 valence electrons. The van der Waals surface area contributed by atoms with Gasteiger partial charge in [-0.15, -0.1) is 53.2 Å². The van der Waals surface area contributed by atoms with Crippen molar-refractivity contribution in [3.05, 3.63) is 234 Å². The molecule has 138 heavy (non-hydrogen) atoms. The third kappa shape index (κ3) is 45.8. The maximum Gasteiger partial charge on any atom is 0.416 e. The highest BCUT2D eigenvalue weighted by Crippen LogP contribution is 2.36. The van der Waals surface area contributed by atoms with Gasteiger partial charge in [0, 0.05) is 92.0 Å². The van der Waals surface area contributed by atoms with Crippen molar-refractivity contribution in [2.75, 3.05) is 66.8 Å². The fourth-order valence-corrected chi connectivity index (χ4v) is 17.6. The van der Waals surface area contributed by atoms with Gasteiger partial charge in [-0.25, -0.2) is 38.5 Å². The summed E-state index contributed by atoms with van der Waals surface area (Å²) in [5, 5.41) is 54.9. The molecular formula is C84H104Cl3F6N17O19S9. The van der Waals surface area contributed by atoms with Crippen molar-refractivity contribution in [1.29, 1.82) is 0 Å². The van der Waals surface area contributed by atoms with E-state index in [1.165, 1.54) is 104 Å². The molecule has 0 aliphatic carbocycles. The van der Waals surface area contributed by atoms with Crippen LogP contribution in [0.2, 0.25) is 0 Å². The highest BCUT2D eigenvalue weighted by atomic mass is 35.7. The van der Waals surface area contributed by atoms with Crippen LogP contribution >= 0.6 is 79.1 Å². The first kappa shape index (κ1) is 121. The molecule has 4 aromatic heterocycles. The molecule has 0 aliphatic heterocycles. The number of halogens is 9. The van der Waals surface area contributed by atoms with Gasteiger partial charge in [0.1, 0.15) is 37.1 Å². The van der Waals surface area contributed by atoms with Gasteiger partial charge in [-0.2, -0.15) is 34.8 Å². The largest absolute Gasteiger partial charge is 0.496 e. The molecule has 0 atom stereocenters. The molecule has 4 amide bonds. The maximum absolute atomic E-state index is 12.9. The smallest absolute Gasteiger partial charge is 0.416 e. The molecule has 36 nitrogen and oxygen atoms in total. The highest BCUT2D eigenvalue weighted by molar-refractivity contribution is 8.13. The topological polar surface area (TPSA) is 554 Å². The number of carbonyl (C=O) groups is 5. The lowest BCUT2D eigenvalue weighted by atomic mass is 10.1. The number of rotatable bonds is 32. The van der Waals surface area contributed by atoms with E-state index in [2.05, 4.69) is 118 Å². The summed E-state index contributed by atoms with van der Waals surface area (Å²) in [5.41, 5.74) is 13.6. The van der Waals surface area contributed by atoms with Crippen LogP contribution in [0.25, 0.3) is 0 Å². The molecule has 0 saturated carbocycles. The number of carbonyl (C=O) groups excluding carboxylic acids is 4. The number of alkyl halides is 6. The van der Waals surface area contributed by atoms with Crippen LogP contribution in [0.1, 0.15) is 180 Å². The number of ether oxygens (including phenoxy) is 2. The van der Waals surface area contributed by atoms with E-state index in [1.807, 2.05) is 59.7 Å². The van der Waals surface area contributed by atoms with E-state index in [-0.39, 0.29) is 112 Å². The van der Waals surface area contributed by atoms with E-state index in [1.54, 1.807) is 60.7 Å². The predicted molar refractivity (Wildman–Crippen MR) is 522 cm³/mol. The van der Waals surface area contributed by atoms with Crippen LogP contribution in [-0.4, -0.2) is 169 Å². The van der Waals surface area contributed by atoms with Gasteiger partial charge in [-0.1, -0.05) is 180 Å². The van der Waals surface area contributed by atoms with Gasteiger partial charge in [-0.3, -0.25) is 37.9 Å². The summed E-state index contributed by atoms with van der Waals surface area (Å²) in [6.07, 6.45) is -5.77. The molecule has 0 unspecified atom stereocenters. The number of hydrogen-bond acceptors (Lipinski definition) is 31. The summed E-state index contributed by atoms with van der Waals surface area (Å²) in [6, 6.07) is 40.5. The third-order valence-corrected chi connectivity index (χ3v) is 27.5.